The van der Waals surface area contributed by atoms with Gasteiger partial charge in [-0.2, -0.15) is 0 Å². The zero-order valence-corrected chi connectivity index (χ0v) is 34.9. The Labute approximate surface area is 330 Å². The van der Waals surface area contributed by atoms with Crippen LogP contribution in [0.1, 0.15) is 149 Å². The van der Waals surface area contributed by atoms with Crippen molar-refractivity contribution in [2.75, 3.05) is 41.0 Å². The van der Waals surface area contributed by atoms with Crippen molar-refractivity contribution in [3.63, 3.8) is 0 Å². The van der Waals surface area contributed by atoms with E-state index in [1.165, 1.54) is 38.5 Å². The van der Waals surface area contributed by atoms with Crippen molar-refractivity contribution in [3.8, 4) is 0 Å². The van der Waals surface area contributed by atoms with Gasteiger partial charge in [0, 0.05) is 19.3 Å². The van der Waals surface area contributed by atoms with Crippen LogP contribution in [0.4, 0.5) is 0 Å². The van der Waals surface area contributed by atoms with Crippen molar-refractivity contribution in [2.45, 2.75) is 161 Å². The van der Waals surface area contributed by atoms with E-state index in [1.54, 1.807) is 21.1 Å². The number of allylic oxidation sites excluding steroid dienone is 12. The number of carboxylic acid groups (broad SMARTS) is 1. The molecule has 0 aliphatic carbocycles. The molecule has 0 spiro atoms. The molecule has 0 aliphatic heterocycles. The third-order valence-corrected chi connectivity index (χ3v) is 8.96. The fourth-order valence-corrected chi connectivity index (χ4v) is 5.72. The highest BCUT2D eigenvalue weighted by atomic mass is 16.6. The Balaban J connectivity index is 4.41. The second kappa shape index (κ2) is 36.7. The fourth-order valence-electron chi connectivity index (χ4n) is 5.72. The molecule has 308 valence electrons. The van der Waals surface area contributed by atoms with E-state index >= 15 is 0 Å². The van der Waals surface area contributed by atoms with Crippen LogP contribution in [0.15, 0.2) is 72.9 Å². The predicted octanol–water partition coefficient (Wildman–Crippen LogP) is 9.85. The number of hydrogen-bond donors (Lipinski definition) is 0. The van der Waals surface area contributed by atoms with Crippen LogP contribution in [0.5, 0.6) is 0 Å². The summed E-state index contributed by atoms with van der Waals surface area (Å²) in [7, 11) is 5.39. The number of nitrogens with zero attached hydrogens (tertiary/aromatic N) is 1. The molecule has 0 aromatic heterocycles. The average molecular weight is 756 g/mol. The molecule has 0 fully saturated rings. The molecule has 2 unspecified atom stereocenters. The number of likely N-dealkylation sites (N-methyl/N-ethyl adjacent to an activating group) is 1. The Morgan fingerprint density at radius 2 is 0.981 bits per heavy atom. The molecule has 0 saturated carbocycles. The Hall–Kier alpha value is -3.23. The molecule has 0 N–H and O–H groups in total. The van der Waals surface area contributed by atoms with E-state index in [0.717, 1.165) is 77.0 Å². The first-order valence-electron chi connectivity index (χ1n) is 21.0. The highest BCUT2D eigenvalue weighted by Gasteiger charge is 2.25. The molecular formula is C46H77NO7. The lowest BCUT2D eigenvalue weighted by Crippen LogP contribution is -2.55. The summed E-state index contributed by atoms with van der Waals surface area (Å²) in [5.41, 5.74) is 0. The summed E-state index contributed by atoms with van der Waals surface area (Å²) in [6, 6.07) is -0.733. The standard InChI is InChI=1S/C46H77NO7/c1-6-8-10-12-14-16-18-20-22-24-26-28-30-32-34-36-44(48)53-41-42(40-52-39-38-43(46(50)51)47(3,4)5)54-45(49)37-35-33-31-29-27-25-23-21-19-17-15-13-11-9-7-2/h8-19,42-43H,6-7,20-41H2,1-5H3/b10-8+,11-9+,14-12+,15-13+,18-16+,19-17+. The van der Waals surface area contributed by atoms with Gasteiger partial charge in [-0.15, -0.1) is 0 Å². The molecule has 8 nitrogen and oxygen atoms in total. The van der Waals surface area contributed by atoms with E-state index in [0.29, 0.717) is 12.8 Å². The van der Waals surface area contributed by atoms with Gasteiger partial charge in [-0.3, -0.25) is 9.59 Å². The van der Waals surface area contributed by atoms with Gasteiger partial charge in [0.1, 0.15) is 12.6 Å². The van der Waals surface area contributed by atoms with Crippen molar-refractivity contribution in [1.82, 2.24) is 0 Å². The smallest absolute Gasteiger partial charge is 0.306 e. The van der Waals surface area contributed by atoms with Crippen molar-refractivity contribution < 1.29 is 38.2 Å². The molecule has 2 atom stereocenters. The van der Waals surface area contributed by atoms with Crippen LogP contribution in [0, 0.1) is 0 Å². The quantitative estimate of drug-likeness (QED) is 0.0272. The number of quaternary nitrogens is 1. The fraction of sp³-hybridized carbons (Fsp3) is 0.674. The highest BCUT2D eigenvalue weighted by molar-refractivity contribution is 5.70. The minimum Gasteiger partial charge on any atom is -0.544 e. The molecule has 54 heavy (non-hydrogen) atoms. The average Bonchev–Trinajstić information content (AvgIpc) is 3.12. The number of unbranched alkanes of at least 4 members (excludes halogenated alkanes) is 14. The Bertz CT molecular complexity index is 1110. The van der Waals surface area contributed by atoms with Crippen LogP contribution in [-0.2, 0) is 28.6 Å². The monoisotopic (exact) mass is 756 g/mol. The Kier molecular flexibility index (Phi) is 34.5. The van der Waals surface area contributed by atoms with E-state index in [4.69, 9.17) is 14.2 Å². The number of carboxylic acids is 1. The summed E-state index contributed by atoms with van der Waals surface area (Å²) in [6.07, 6.45) is 44.9. The summed E-state index contributed by atoms with van der Waals surface area (Å²) in [4.78, 5) is 36.8. The van der Waals surface area contributed by atoms with Gasteiger partial charge >= 0.3 is 11.9 Å². The van der Waals surface area contributed by atoms with Gasteiger partial charge in [0.05, 0.1) is 40.3 Å². The summed E-state index contributed by atoms with van der Waals surface area (Å²) in [5, 5.41) is 11.6. The van der Waals surface area contributed by atoms with E-state index in [2.05, 4.69) is 86.8 Å². The molecule has 0 aromatic rings. The second-order valence-electron chi connectivity index (χ2n) is 14.9. The lowest BCUT2D eigenvalue weighted by atomic mass is 10.1. The first-order chi connectivity index (χ1) is 26.1. The minimum absolute atomic E-state index is 0.0279. The number of esters is 2. The van der Waals surface area contributed by atoms with Crippen LogP contribution in [0.2, 0.25) is 0 Å². The van der Waals surface area contributed by atoms with E-state index in [9.17, 15) is 19.5 Å². The van der Waals surface area contributed by atoms with Gasteiger partial charge in [0.15, 0.2) is 6.10 Å². The molecule has 0 amide bonds. The molecule has 0 rings (SSSR count). The van der Waals surface area contributed by atoms with Gasteiger partial charge in [-0.25, -0.2) is 0 Å². The zero-order chi connectivity index (χ0) is 40.0. The van der Waals surface area contributed by atoms with Crippen LogP contribution in [0.3, 0.4) is 0 Å². The molecule has 0 aliphatic rings. The summed E-state index contributed by atoms with van der Waals surface area (Å²) >= 11 is 0. The second-order valence-corrected chi connectivity index (χ2v) is 14.9. The first kappa shape index (κ1) is 50.8. The van der Waals surface area contributed by atoms with Crippen LogP contribution in [-0.4, -0.2) is 75.5 Å². The third-order valence-electron chi connectivity index (χ3n) is 8.96. The van der Waals surface area contributed by atoms with Crippen LogP contribution < -0.4 is 5.11 Å². The van der Waals surface area contributed by atoms with Gasteiger partial charge in [0.25, 0.3) is 0 Å². The lowest BCUT2D eigenvalue weighted by molar-refractivity contribution is -0.889. The molecule has 0 heterocycles. The Morgan fingerprint density at radius 3 is 1.43 bits per heavy atom. The van der Waals surface area contributed by atoms with Crippen molar-refractivity contribution in [2.24, 2.45) is 0 Å². The van der Waals surface area contributed by atoms with E-state index in [-0.39, 0.29) is 42.7 Å². The summed E-state index contributed by atoms with van der Waals surface area (Å²) in [6.45, 7) is 4.36. The number of aliphatic carboxylic acids is 1. The number of carbonyl (C=O) groups is 3. The van der Waals surface area contributed by atoms with Gasteiger partial charge in [-0.1, -0.05) is 151 Å². The molecule has 8 heteroatoms. The van der Waals surface area contributed by atoms with Gasteiger partial charge < -0.3 is 28.6 Å². The van der Waals surface area contributed by atoms with E-state index in [1.807, 2.05) is 0 Å². The third kappa shape index (κ3) is 34.5. The number of hydrogen-bond acceptors (Lipinski definition) is 7. The molecule has 0 radical (unpaired) electrons. The maximum atomic E-state index is 12.7. The normalized spacial score (nSPS) is 13.7. The largest absolute Gasteiger partial charge is 0.544 e. The minimum atomic E-state index is -1.13. The first-order valence-corrected chi connectivity index (χ1v) is 21.0. The number of ether oxygens (including phenoxy) is 3. The maximum absolute atomic E-state index is 12.7. The van der Waals surface area contributed by atoms with Crippen molar-refractivity contribution in [1.29, 1.82) is 0 Å². The van der Waals surface area contributed by atoms with Crippen LogP contribution in [0.25, 0.3) is 0 Å². The molecule has 0 bridgehead atoms. The lowest BCUT2D eigenvalue weighted by Gasteiger charge is -2.34. The molecule has 0 aromatic carbocycles. The number of rotatable bonds is 36. The van der Waals surface area contributed by atoms with E-state index < -0.39 is 18.1 Å². The van der Waals surface area contributed by atoms with Crippen molar-refractivity contribution >= 4 is 17.9 Å². The predicted molar refractivity (Wildman–Crippen MR) is 222 cm³/mol. The van der Waals surface area contributed by atoms with Gasteiger partial charge in [0.2, 0.25) is 0 Å². The van der Waals surface area contributed by atoms with Crippen LogP contribution >= 0.6 is 0 Å². The topological polar surface area (TPSA) is 102 Å². The highest BCUT2D eigenvalue weighted by Crippen LogP contribution is 2.13. The summed E-state index contributed by atoms with van der Waals surface area (Å²) in [5.74, 6) is -1.78. The Morgan fingerprint density at radius 1 is 0.556 bits per heavy atom. The maximum Gasteiger partial charge on any atom is 0.306 e. The van der Waals surface area contributed by atoms with Gasteiger partial charge in [-0.05, 0) is 51.4 Å². The summed E-state index contributed by atoms with van der Waals surface area (Å²) < 4.78 is 17.1. The SMILES string of the molecule is CC/C=C/C=C/C=C/CCCCCCCCCC(=O)OCC(COCCC(C(=O)[O-])[N+](C)(C)C)OC(=O)CCCCCCCCC/C=C/C=C/C=C/CC. The molecule has 0 saturated heterocycles. The number of carbonyl (C=O) groups excluding carboxylic acids is 3. The molecular weight excluding hydrogens is 679 g/mol. The van der Waals surface area contributed by atoms with Crippen molar-refractivity contribution in [3.05, 3.63) is 72.9 Å². The zero-order valence-electron chi connectivity index (χ0n) is 34.9.